The lowest BCUT2D eigenvalue weighted by molar-refractivity contribution is -0.134. The molecule has 110 valence electrons. The monoisotopic (exact) mass is 269 g/mol. The maximum atomic E-state index is 12.1. The quantitative estimate of drug-likeness (QED) is 0.694. The van der Waals surface area contributed by atoms with Crippen molar-refractivity contribution in [1.29, 1.82) is 0 Å². The fourth-order valence-electron chi connectivity index (χ4n) is 2.93. The zero-order valence-electron chi connectivity index (χ0n) is 12.1. The van der Waals surface area contributed by atoms with Crippen molar-refractivity contribution in [2.45, 2.75) is 51.6 Å². The van der Waals surface area contributed by atoms with Gasteiger partial charge in [0.1, 0.15) is 0 Å². The van der Waals surface area contributed by atoms with Crippen molar-refractivity contribution in [1.82, 2.24) is 4.90 Å². The van der Waals surface area contributed by atoms with Gasteiger partial charge < -0.3 is 14.4 Å². The molecular formula is C15H27NO3. The van der Waals surface area contributed by atoms with Gasteiger partial charge >= 0.3 is 0 Å². The van der Waals surface area contributed by atoms with Gasteiger partial charge in [0, 0.05) is 19.7 Å². The smallest absolute Gasteiger partial charge is 0.224 e. The first-order valence-corrected chi connectivity index (χ1v) is 7.76. The molecule has 2 fully saturated rings. The molecule has 2 rings (SSSR count). The van der Waals surface area contributed by atoms with E-state index in [1.165, 1.54) is 12.8 Å². The molecule has 19 heavy (non-hydrogen) atoms. The zero-order valence-corrected chi connectivity index (χ0v) is 12.1. The molecule has 0 aliphatic carbocycles. The maximum Gasteiger partial charge on any atom is 0.224 e. The molecule has 4 nitrogen and oxygen atoms in total. The van der Waals surface area contributed by atoms with E-state index in [2.05, 4.69) is 6.92 Å². The number of rotatable bonds is 6. The summed E-state index contributed by atoms with van der Waals surface area (Å²) in [6.07, 6.45) is 6.62. The first kappa shape index (κ1) is 14.8. The molecule has 2 aliphatic heterocycles. The molecular weight excluding hydrogens is 242 g/mol. The third kappa shape index (κ3) is 4.77. The normalized spacial score (nSPS) is 27.7. The van der Waals surface area contributed by atoms with Crippen molar-refractivity contribution in [2.75, 3.05) is 32.9 Å². The molecule has 0 spiro atoms. The van der Waals surface area contributed by atoms with Gasteiger partial charge in [0.05, 0.1) is 25.7 Å². The minimum Gasteiger partial charge on any atom is -0.378 e. The maximum absolute atomic E-state index is 12.1. The lowest BCUT2D eigenvalue weighted by Crippen LogP contribution is -2.40. The Kier molecular flexibility index (Phi) is 6.11. The van der Waals surface area contributed by atoms with Gasteiger partial charge in [-0.25, -0.2) is 0 Å². The third-order valence-corrected chi connectivity index (χ3v) is 4.24. The molecule has 0 aromatic carbocycles. The number of nitrogens with zero attached hydrogens (tertiary/aromatic N) is 1. The summed E-state index contributed by atoms with van der Waals surface area (Å²) in [6.45, 7) is 6.13. The predicted octanol–water partition coefficient (Wildman–Crippen LogP) is 2.22. The van der Waals surface area contributed by atoms with Gasteiger partial charge in [-0.3, -0.25) is 4.79 Å². The molecule has 2 aliphatic rings. The highest BCUT2D eigenvalue weighted by molar-refractivity contribution is 5.76. The molecule has 2 heterocycles. The Morgan fingerprint density at radius 2 is 2.26 bits per heavy atom. The van der Waals surface area contributed by atoms with E-state index in [4.69, 9.17) is 9.47 Å². The van der Waals surface area contributed by atoms with Crippen LogP contribution in [0.2, 0.25) is 0 Å². The van der Waals surface area contributed by atoms with Crippen LogP contribution in [0.3, 0.4) is 0 Å². The summed E-state index contributed by atoms with van der Waals surface area (Å²) in [7, 11) is 0. The van der Waals surface area contributed by atoms with Crippen molar-refractivity contribution in [2.24, 2.45) is 5.92 Å². The molecule has 1 amide bonds. The number of ether oxygens (including phenoxy) is 2. The largest absolute Gasteiger partial charge is 0.378 e. The van der Waals surface area contributed by atoms with Gasteiger partial charge in [0.15, 0.2) is 0 Å². The summed E-state index contributed by atoms with van der Waals surface area (Å²) in [6, 6.07) is 0. The molecule has 0 N–H and O–H groups in total. The number of carbonyl (C=O) groups excluding carboxylic acids is 1. The van der Waals surface area contributed by atoms with Crippen molar-refractivity contribution in [3.05, 3.63) is 0 Å². The first-order chi connectivity index (χ1) is 9.29. The van der Waals surface area contributed by atoms with E-state index in [0.29, 0.717) is 25.6 Å². The number of hydrogen-bond donors (Lipinski definition) is 0. The van der Waals surface area contributed by atoms with Crippen molar-refractivity contribution < 1.29 is 14.3 Å². The van der Waals surface area contributed by atoms with E-state index in [-0.39, 0.29) is 12.0 Å². The van der Waals surface area contributed by atoms with Gasteiger partial charge in [-0.1, -0.05) is 13.3 Å². The van der Waals surface area contributed by atoms with Crippen LogP contribution in [0.15, 0.2) is 0 Å². The van der Waals surface area contributed by atoms with E-state index in [0.717, 1.165) is 39.0 Å². The van der Waals surface area contributed by atoms with Crippen LogP contribution in [0.25, 0.3) is 0 Å². The van der Waals surface area contributed by atoms with Crippen LogP contribution < -0.4 is 0 Å². The average Bonchev–Trinajstić information content (AvgIpc) is 2.96. The fraction of sp³-hybridized carbons (Fsp3) is 0.933. The van der Waals surface area contributed by atoms with Gasteiger partial charge in [-0.05, 0) is 31.6 Å². The van der Waals surface area contributed by atoms with Crippen LogP contribution in [0, 0.1) is 5.92 Å². The van der Waals surface area contributed by atoms with Crippen molar-refractivity contribution >= 4 is 5.91 Å². The second-order valence-electron chi connectivity index (χ2n) is 5.72. The van der Waals surface area contributed by atoms with E-state index in [1.54, 1.807) is 0 Å². The Hall–Kier alpha value is -0.610. The zero-order chi connectivity index (χ0) is 13.5. The highest BCUT2D eigenvalue weighted by Crippen LogP contribution is 2.19. The van der Waals surface area contributed by atoms with Crippen LogP contribution >= 0.6 is 0 Å². The average molecular weight is 269 g/mol. The van der Waals surface area contributed by atoms with E-state index in [1.807, 2.05) is 4.90 Å². The Bertz CT molecular complexity index is 277. The van der Waals surface area contributed by atoms with Crippen LogP contribution in [-0.4, -0.2) is 49.8 Å². The molecule has 0 aromatic rings. The second kappa shape index (κ2) is 7.85. The summed E-state index contributed by atoms with van der Waals surface area (Å²) >= 11 is 0. The summed E-state index contributed by atoms with van der Waals surface area (Å²) < 4.78 is 11.0. The number of carbonyl (C=O) groups is 1. The number of piperidine rings is 1. The SMILES string of the molecule is CCC1CCCN(C(=O)CCOCC2CCCO2)C1. The minimum atomic E-state index is 0.255. The third-order valence-electron chi connectivity index (χ3n) is 4.24. The summed E-state index contributed by atoms with van der Waals surface area (Å²) in [4.78, 5) is 14.1. The van der Waals surface area contributed by atoms with E-state index >= 15 is 0 Å². The standard InChI is InChI=1S/C15H27NO3/c1-2-13-5-3-8-16(11-13)15(17)7-10-18-12-14-6-4-9-19-14/h13-14H,2-12H2,1H3. The van der Waals surface area contributed by atoms with Gasteiger partial charge in [0.25, 0.3) is 0 Å². The molecule has 0 saturated carbocycles. The Morgan fingerprint density at radius 1 is 1.37 bits per heavy atom. The second-order valence-corrected chi connectivity index (χ2v) is 5.72. The topological polar surface area (TPSA) is 38.8 Å². The van der Waals surface area contributed by atoms with Crippen LogP contribution in [0.5, 0.6) is 0 Å². The van der Waals surface area contributed by atoms with Gasteiger partial charge in [-0.2, -0.15) is 0 Å². The summed E-state index contributed by atoms with van der Waals surface area (Å²) in [5.74, 6) is 0.955. The van der Waals surface area contributed by atoms with E-state index < -0.39 is 0 Å². The molecule has 4 heteroatoms. The molecule has 0 radical (unpaired) electrons. The first-order valence-electron chi connectivity index (χ1n) is 7.76. The van der Waals surface area contributed by atoms with Gasteiger partial charge in [0.2, 0.25) is 5.91 Å². The summed E-state index contributed by atoms with van der Waals surface area (Å²) in [5.41, 5.74) is 0. The predicted molar refractivity (Wildman–Crippen MR) is 74.0 cm³/mol. The Labute approximate surface area is 116 Å². The Morgan fingerprint density at radius 3 is 3.00 bits per heavy atom. The number of likely N-dealkylation sites (tertiary alicyclic amines) is 1. The highest BCUT2D eigenvalue weighted by atomic mass is 16.5. The lowest BCUT2D eigenvalue weighted by Gasteiger charge is -2.32. The van der Waals surface area contributed by atoms with Crippen LogP contribution in [-0.2, 0) is 14.3 Å². The molecule has 0 bridgehead atoms. The minimum absolute atomic E-state index is 0.255. The highest BCUT2D eigenvalue weighted by Gasteiger charge is 2.22. The Balaban J connectivity index is 1.58. The number of hydrogen-bond acceptors (Lipinski definition) is 3. The van der Waals surface area contributed by atoms with Gasteiger partial charge in [-0.15, -0.1) is 0 Å². The summed E-state index contributed by atoms with van der Waals surface area (Å²) in [5, 5.41) is 0. The fourth-order valence-corrected chi connectivity index (χ4v) is 2.93. The molecule has 2 saturated heterocycles. The van der Waals surface area contributed by atoms with Crippen molar-refractivity contribution in [3.8, 4) is 0 Å². The van der Waals surface area contributed by atoms with E-state index in [9.17, 15) is 4.79 Å². The van der Waals surface area contributed by atoms with Crippen LogP contribution in [0.1, 0.15) is 45.4 Å². The molecule has 2 atom stereocenters. The molecule has 2 unspecified atom stereocenters. The lowest BCUT2D eigenvalue weighted by atomic mass is 9.95. The van der Waals surface area contributed by atoms with Crippen molar-refractivity contribution in [3.63, 3.8) is 0 Å². The number of amides is 1. The molecule has 0 aromatic heterocycles. The van der Waals surface area contributed by atoms with Crippen LogP contribution in [0.4, 0.5) is 0 Å².